The molecule has 1 saturated heterocycles. The number of pyridine rings is 1. The molecule has 1 aliphatic heterocycles. The summed E-state index contributed by atoms with van der Waals surface area (Å²) in [5, 5.41) is 8.18. The van der Waals surface area contributed by atoms with E-state index in [1.165, 1.54) is 0 Å². The third kappa shape index (κ3) is 2.85. The summed E-state index contributed by atoms with van der Waals surface area (Å²) in [6.45, 7) is 1.84. The summed E-state index contributed by atoms with van der Waals surface area (Å²) in [6.07, 6.45) is 3.36. The molecule has 3 aromatic rings. The van der Waals surface area contributed by atoms with Gasteiger partial charge in [0, 0.05) is 18.9 Å². The third-order valence-electron chi connectivity index (χ3n) is 4.20. The van der Waals surface area contributed by atoms with Crippen LogP contribution in [0.1, 0.15) is 11.7 Å². The van der Waals surface area contributed by atoms with Crippen molar-refractivity contribution in [3.05, 3.63) is 54.4 Å². The Hall–Kier alpha value is -2.80. The maximum absolute atomic E-state index is 12.7. The predicted molar refractivity (Wildman–Crippen MR) is 87.0 cm³/mol. The third-order valence-corrected chi connectivity index (χ3v) is 4.20. The van der Waals surface area contributed by atoms with E-state index >= 15 is 0 Å². The second-order valence-corrected chi connectivity index (χ2v) is 5.72. The molecule has 24 heavy (non-hydrogen) atoms. The summed E-state index contributed by atoms with van der Waals surface area (Å²) in [7, 11) is 0. The van der Waals surface area contributed by atoms with Gasteiger partial charge in [0.05, 0.1) is 18.7 Å². The van der Waals surface area contributed by atoms with Gasteiger partial charge in [-0.05, 0) is 29.8 Å². The lowest BCUT2D eigenvalue weighted by Gasteiger charge is -2.33. The maximum atomic E-state index is 12.7. The molecule has 0 unspecified atom stereocenters. The first-order valence-electron chi connectivity index (χ1n) is 7.89. The number of fused-ring (bicyclic) bond motifs is 1. The lowest BCUT2D eigenvalue weighted by molar-refractivity contribution is -0.139. The number of rotatable bonds is 3. The zero-order chi connectivity index (χ0) is 16.4. The van der Waals surface area contributed by atoms with Crippen molar-refractivity contribution in [2.24, 2.45) is 0 Å². The van der Waals surface area contributed by atoms with Crippen LogP contribution in [0.3, 0.4) is 0 Å². The van der Waals surface area contributed by atoms with Gasteiger partial charge in [-0.25, -0.2) is 4.68 Å². The number of ether oxygens (including phenoxy) is 1. The van der Waals surface area contributed by atoms with Crippen molar-refractivity contribution in [2.45, 2.75) is 12.6 Å². The van der Waals surface area contributed by atoms with Crippen LogP contribution >= 0.6 is 0 Å². The van der Waals surface area contributed by atoms with Crippen molar-refractivity contribution in [1.82, 2.24) is 24.9 Å². The Balaban J connectivity index is 1.48. The molecule has 0 N–H and O–H groups in total. The summed E-state index contributed by atoms with van der Waals surface area (Å²) < 4.78 is 7.44. The molecule has 1 amide bonds. The number of benzene rings is 1. The van der Waals surface area contributed by atoms with Crippen LogP contribution in [0.4, 0.5) is 0 Å². The van der Waals surface area contributed by atoms with Crippen LogP contribution in [-0.2, 0) is 16.1 Å². The second kappa shape index (κ2) is 6.37. The van der Waals surface area contributed by atoms with Gasteiger partial charge < -0.3 is 9.64 Å². The Morgan fingerprint density at radius 3 is 2.92 bits per heavy atom. The Morgan fingerprint density at radius 2 is 2.04 bits per heavy atom. The predicted octanol–water partition coefficient (Wildman–Crippen LogP) is 1.43. The molecule has 1 atom stereocenters. The number of morpholine rings is 1. The van der Waals surface area contributed by atoms with E-state index in [-0.39, 0.29) is 18.6 Å². The molecule has 0 bridgehead atoms. The molecular weight excluding hydrogens is 306 g/mol. The summed E-state index contributed by atoms with van der Waals surface area (Å²) >= 11 is 0. The van der Waals surface area contributed by atoms with Gasteiger partial charge in [0.25, 0.3) is 0 Å². The topological polar surface area (TPSA) is 73.1 Å². The first-order valence-corrected chi connectivity index (χ1v) is 7.89. The first-order chi connectivity index (χ1) is 11.8. The fourth-order valence-electron chi connectivity index (χ4n) is 2.92. The Bertz CT molecular complexity index is 848. The summed E-state index contributed by atoms with van der Waals surface area (Å²) in [6, 6.07) is 11.5. The van der Waals surface area contributed by atoms with Gasteiger partial charge in [-0.3, -0.25) is 9.78 Å². The summed E-state index contributed by atoms with van der Waals surface area (Å²) in [5.41, 5.74) is 2.69. The van der Waals surface area contributed by atoms with E-state index in [1.54, 1.807) is 17.1 Å². The highest BCUT2D eigenvalue weighted by Gasteiger charge is 2.25. The van der Waals surface area contributed by atoms with Crippen molar-refractivity contribution in [3.63, 3.8) is 0 Å². The molecule has 0 aliphatic carbocycles. The molecule has 0 radical (unpaired) electrons. The standard InChI is InChI=1S/C17H17N5O2/c23-17(12-22-15-4-2-1-3-14(15)19-20-22)21-9-10-24-16(11-21)13-5-7-18-8-6-13/h1-8,16H,9-12H2/t16-/m0/s1. The van der Waals surface area contributed by atoms with Crippen LogP contribution in [0.5, 0.6) is 0 Å². The Kier molecular flexibility index (Phi) is 3.92. The largest absolute Gasteiger partial charge is 0.370 e. The van der Waals surface area contributed by atoms with Crippen LogP contribution in [0.2, 0.25) is 0 Å². The van der Waals surface area contributed by atoms with Gasteiger partial charge >= 0.3 is 0 Å². The highest BCUT2D eigenvalue weighted by Crippen LogP contribution is 2.22. The highest BCUT2D eigenvalue weighted by molar-refractivity contribution is 5.79. The van der Waals surface area contributed by atoms with E-state index in [2.05, 4.69) is 15.3 Å². The number of carbonyl (C=O) groups excluding carboxylic acids is 1. The quantitative estimate of drug-likeness (QED) is 0.729. The van der Waals surface area contributed by atoms with Crippen LogP contribution < -0.4 is 0 Å². The minimum atomic E-state index is -0.113. The van der Waals surface area contributed by atoms with Gasteiger partial charge in [-0.1, -0.05) is 17.3 Å². The SMILES string of the molecule is O=C(Cn1nnc2ccccc21)N1CCO[C@H](c2ccncc2)C1. The number of hydrogen-bond acceptors (Lipinski definition) is 5. The summed E-state index contributed by atoms with van der Waals surface area (Å²) in [5.74, 6) is 0.0213. The summed E-state index contributed by atoms with van der Waals surface area (Å²) in [4.78, 5) is 18.5. The average Bonchev–Trinajstić information content (AvgIpc) is 3.06. The van der Waals surface area contributed by atoms with Gasteiger partial charge in [-0.15, -0.1) is 5.10 Å². The van der Waals surface area contributed by atoms with Crippen LogP contribution in [-0.4, -0.2) is 50.5 Å². The fraction of sp³-hybridized carbons (Fsp3) is 0.294. The van der Waals surface area contributed by atoms with Crippen LogP contribution in [0.25, 0.3) is 11.0 Å². The van der Waals surface area contributed by atoms with Crippen molar-refractivity contribution in [2.75, 3.05) is 19.7 Å². The molecule has 7 heteroatoms. The van der Waals surface area contributed by atoms with Crippen molar-refractivity contribution in [1.29, 1.82) is 0 Å². The molecule has 1 aliphatic rings. The van der Waals surface area contributed by atoms with E-state index < -0.39 is 0 Å². The number of para-hydroxylation sites is 1. The minimum Gasteiger partial charge on any atom is -0.370 e. The molecule has 7 nitrogen and oxygen atoms in total. The average molecular weight is 323 g/mol. The van der Waals surface area contributed by atoms with Crippen LogP contribution in [0.15, 0.2) is 48.8 Å². The maximum Gasteiger partial charge on any atom is 0.244 e. The molecule has 0 saturated carbocycles. The lowest BCUT2D eigenvalue weighted by Crippen LogP contribution is -2.43. The van der Waals surface area contributed by atoms with Gasteiger partial charge in [-0.2, -0.15) is 0 Å². The number of carbonyl (C=O) groups is 1. The second-order valence-electron chi connectivity index (χ2n) is 5.72. The lowest BCUT2D eigenvalue weighted by atomic mass is 10.1. The zero-order valence-corrected chi connectivity index (χ0v) is 13.1. The van der Waals surface area contributed by atoms with E-state index in [1.807, 2.05) is 41.3 Å². The molecule has 3 heterocycles. The minimum absolute atomic E-state index is 0.0213. The van der Waals surface area contributed by atoms with Gasteiger partial charge in [0.15, 0.2) is 0 Å². The van der Waals surface area contributed by atoms with Crippen molar-refractivity contribution < 1.29 is 9.53 Å². The van der Waals surface area contributed by atoms with E-state index in [0.29, 0.717) is 19.7 Å². The number of amides is 1. The highest BCUT2D eigenvalue weighted by atomic mass is 16.5. The molecule has 0 spiro atoms. The number of aromatic nitrogens is 4. The van der Waals surface area contributed by atoms with E-state index in [0.717, 1.165) is 16.6 Å². The van der Waals surface area contributed by atoms with Crippen molar-refractivity contribution in [3.8, 4) is 0 Å². The molecule has 1 fully saturated rings. The molecular formula is C17H17N5O2. The monoisotopic (exact) mass is 323 g/mol. The smallest absolute Gasteiger partial charge is 0.244 e. The number of nitrogens with zero attached hydrogens (tertiary/aromatic N) is 5. The van der Waals surface area contributed by atoms with E-state index in [4.69, 9.17) is 4.74 Å². The Morgan fingerprint density at radius 1 is 1.21 bits per heavy atom. The zero-order valence-electron chi connectivity index (χ0n) is 13.1. The molecule has 122 valence electrons. The fourth-order valence-corrected chi connectivity index (χ4v) is 2.92. The number of hydrogen-bond donors (Lipinski definition) is 0. The normalized spacial score (nSPS) is 18.0. The molecule has 4 rings (SSSR count). The van der Waals surface area contributed by atoms with Crippen LogP contribution in [0, 0.1) is 0 Å². The Labute approximate surface area is 138 Å². The molecule has 1 aromatic carbocycles. The van der Waals surface area contributed by atoms with Gasteiger partial charge in [0.2, 0.25) is 5.91 Å². The van der Waals surface area contributed by atoms with Crippen molar-refractivity contribution >= 4 is 16.9 Å². The van der Waals surface area contributed by atoms with E-state index in [9.17, 15) is 4.79 Å². The molecule has 2 aromatic heterocycles. The first kappa shape index (κ1) is 14.8. The van der Waals surface area contributed by atoms with Gasteiger partial charge in [0.1, 0.15) is 18.2 Å².